The number of hydrogen-bond donors (Lipinski definition) is 1. The van der Waals surface area contributed by atoms with Crippen LogP contribution < -0.4 is 5.48 Å². The van der Waals surface area contributed by atoms with Crippen molar-refractivity contribution in [3.05, 3.63) is 114 Å². The second-order valence-corrected chi connectivity index (χ2v) is 6.88. The molecular formula is C26H19N3O3. The number of carbonyl (C=O) groups excluding carboxylic acids is 2. The average Bonchev–Trinajstić information content (AvgIpc) is 2.85. The number of carbonyl (C=O) groups is 2. The van der Waals surface area contributed by atoms with E-state index in [1.807, 2.05) is 60.7 Å². The normalized spacial score (nSPS) is 11.1. The van der Waals surface area contributed by atoms with Gasteiger partial charge < -0.3 is 4.84 Å². The molecule has 0 heterocycles. The van der Waals surface area contributed by atoms with E-state index in [1.165, 1.54) is 6.08 Å². The zero-order valence-corrected chi connectivity index (χ0v) is 17.0. The summed E-state index contributed by atoms with van der Waals surface area (Å²) in [5.41, 5.74) is 5.01. The fourth-order valence-electron chi connectivity index (χ4n) is 2.95. The minimum Gasteiger partial charge on any atom is -0.339 e. The van der Waals surface area contributed by atoms with Crippen molar-refractivity contribution >= 4 is 40.1 Å². The van der Waals surface area contributed by atoms with Gasteiger partial charge in [0.05, 0.1) is 11.4 Å². The van der Waals surface area contributed by atoms with Gasteiger partial charge in [-0.25, -0.2) is 10.3 Å². The number of fused-ring (bicyclic) bond motifs is 1. The molecule has 1 amide bonds. The summed E-state index contributed by atoms with van der Waals surface area (Å²) in [7, 11) is 0. The maximum Gasteiger partial charge on any atom is 0.355 e. The number of anilines is 1. The van der Waals surface area contributed by atoms with Crippen LogP contribution in [0.4, 0.5) is 11.4 Å². The predicted molar refractivity (Wildman–Crippen MR) is 124 cm³/mol. The highest BCUT2D eigenvalue weighted by Gasteiger charge is 2.05. The Morgan fingerprint density at radius 1 is 0.781 bits per heavy atom. The van der Waals surface area contributed by atoms with Crippen LogP contribution in [0.15, 0.2) is 113 Å². The van der Waals surface area contributed by atoms with Crippen LogP contribution in [0.1, 0.15) is 15.9 Å². The highest BCUT2D eigenvalue weighted by atomic mass is 16.7. The molecule has 1 N–H and O–H groups in total. The standard InChI is InChI=1S/C26H19N3O3/c30-25(17-10-19-6-2-1-3-7-19)32-29-24-15-13-23(14-16-24)27-28-26(31)22-12-11-20-8-4-5-9-21(20)18-22/h1-18,29H/b17-10+,28-27?. The first-order valence-electron chi connectivity index (χ1n) is 9.92. The Labute approximate surface area is 184 Å². The summed E-state index contributed by atoms with van der Waals surface area (Å²) in [6.07, 6.45) is 3.00. The van der Waals surface area contributed by atoms with Crippen molar-refractivity contribution in [2.24, 2.45) is 10.2 Å². The lowest BCUT2D eigenvalue weighted by Gasteiger charge is -2.04. The Morgan fingerprint density at radius 3 is 2.28 bits per heavy atom. The summed E-state index contributed by atoms with van der Waals surface area (Å²) in [6.45, 7) is 0. The fraction of sp³-hybridized carbons (Fsp3) is 0. The minimum atomic E-state index is -0.529. The van der Waals surface area contributed by atoms with Crippen molar-refractivity contribution in [3.63, 3.8) is 0 Å². The molecule has 4 aromatic carbocycles. The smallest absolute Gasteiger partial charge is 0.339 e. The number of rotatable bonds is 6. The summed E-state index contributed by atoms with van der Waals surface area (Å²) in [6, 6.07) is 29.3. The van der Waals surface area contributed by atoms with E-state index in [4.69, 9.17) is 4.84 Å². The Hall–Kier alpha value is -4.58. The molecule has 0 bridgehead atoms. The predicted octanol–water partition coefficient (Wildman–Crippen LogP) is 6.35. The Morgan fingerprint density at radius 2 is 1.50 bits per heavy atom. The molecule has 0 saturated carbocycles. The molecule has 0 aliphatic rings. The molecule has 0 aliphatic carbocycles. The number of nitrogens with one attached hydrogen (secondary N) is 1. The van der Waals surface area contributed by atoms with E-state index in [1.54, 1.807) is 42.5 Å². The first kappa shape index (κ1) is 20.7. The summed E-state index contributed by atoms with van der Waals surface area (Å²) < 4.78 is 0. The van der Waals surface area contributed by atoms with Gasteiger partial charge in [-0.15, -0.1) is 10.2 Å². The largest absolute Gasteiger partial charge is 0.355 e. The van der Waals surface area contributed by atoms with Crippen molar-refractivity contribution in [2.45, 2.75) is 0 Å². The van der Waals surface area contributed by atoms with E-state index in [0.29, 0.717) is 16.9 Å². The van der Waals surface area contributed by atoms with Gasteiger partial charge in [-0.3, -0.25) is 4.79 Å². The zero-order valence-electron chi connectivity index (χ0n) is 17.0. The summed E-state index contributed by atoms with van der Waals surface area (Å²) in [5, 5.41) is 9.82. The molecule has 0 atom stereocenters. The summed E-state index contributed by atoms with van der Waals surface area (Å²) in [4.78, 5) is 29.1. The number of amides is 1. The maximum atomic E-state index is 12.3. The van der Waals surface area contributed by atoms with E-state index in [0.717, 1.165) is 16.3 Å². The second-order valence-electron chi connectivity index (χ2n) is 6.88. The third kappa shape index (κ3) is 5.52. The van der Waals surface area contributed by atoms with Gasteiger partial charge in [-0.1, -0.05) is 60.7 Å². The number of nitrogens with zero attached hydrogens (tertiary/aromatic N) is 2. The third-order valence-electron chi connectivity index (χ3n) is 4.60. The van der Waals surface area contributed by atoms with Gasteiger partial charge >= 0.3 is 5.97 Å². The van der Waals surface area contributed by atoms with E-state index in [9.17, 15) is 9.59 Å². The van der Waals surface area contributed by atoms with E-state index in [-0.39, 0.29) is 0 Å². The van der Waals surface area contributed by atoms with Gasteiger partial charge in [0.25, 0.3) is 5.91 Å². The van der Waals surface area contributed by atoms with Crippen molar-refractivity contribution in [1.82, 2.24) is 0 Å². The molecule has 0 fully saturated rings. The van der Waals surface area contributed by atoms with Crippen LogP contribution >= 0.6 is 0 Å². The molecule has 0 aliphatic heterocycles. The fourth-order valence-corrected chi connectivity index (χ4v) is 2.95. The number of hydrogen-bond acceptors (Lipinski definition) is 5. The monoisotopic (exact) mass is 421 g/mol. The molecule has 4 aromatic rings. The highest BCUT2D eigenvalue weighted by molar-refractivity contribution is 5.98. The average molecular weight is 421 g/mol. The van der Waals surface area contributed by atoms with E-state index in [2.05, 4.69) is 15.7 Å². The first-order valence-corrected chi connectivity index (χ1v) is 9.92. The van der Waals surface area contributed by atoms with Gasteiger partial charge in [-0.2, -0.15) is 0 Å². The van der Waals surface area contributed by atoms with Gasteiger partial charge in [0.15, 0.2) is 0 Å². The topological polar surface area (TPSA) is 80.1 Å². The maximum absolute atomic E-state index is 12.3. The summed E-state index contributed by atoms with van der Waals surface area (Å²) in [5.74, 6) is -0.948. The van der Waals surface area contributed by atoms with E-state index >= 15 is 0 Å². The van der Waals surface area contributed by atoms with Gasteiger partial charge in [0.2, 0.25) is 0 Å². The number of benzene rings is 4. The van der Waals surface area contributed by atoms with Crippen molar-refractivity contribution in [1.29, 1.82) is 0 Å². The first-order chi connectivity index (χ1) is 15.7. The zero-order chi connectivity index (χ0) is 22.2. The molecule has 6 nitrogen and oxygen atoms in total. The highest BCUT2D eigenvalue weighted by Crippen LogP contribution is 2.19. The molecule has 0 spiro atoms. The SMILES string of the molecule is O=C(/C=C/c1ccccc1)ONc1ccc(N=NC(=O)c2ccc3ccccc3c2)cc1. The van der Waals surface area contributed by atoms with Gasteiger partial charge in [0.1, 0.15) is 0 Å². The van der Waals surface area contributed by atoms with E-state index < -0.39 is 11.9 Å². The van der Waals surface area contributed by atoms with Crippen LogP contribution in [-0.4, -0.2) is 11.9 Å². The Bertz CT molecular complexity index is 1300. The molecule has 32 heavy (non-hydrogen) atoms. The lowest BCUT2D eigenvalue weighted by atomic mass is 10.1. The second kappa shape index (κ2) is 9.95. The molecule has 0 saturated heterocycles. The van der Waals surface area contributed by atoms with Crippen molar-refractivity contribution in [3.8, 4) is 0 Å². The van der Waals surface area contributed by atoms with Crippen molar-refractivity contribution in [2.75, 3.05) is 5.48 Å². The lowest BCUT2D eigenvalue weighted by Crippen LogP contribution is -2.07. The third-order valence-corrected chi connectivity index (χ3v) is 4.60. The molecule has 0 radical (unpaired) electrons. The van der Waals surface area contributed by atoms with Crippen LogP contribution in [0.5, 0.6) is 0 Å². The van der Waals surface area contributed by atoms with Crippen LogP contribution in [0.3, 0.4) is 0 Å². The summed E-state index contributed by atoms with van der Waals surface area (Å²) >= 11 is 0. The van der Waals surface area contributed by atoms with Crippen LogP contribution in [0.2, 0.25) is 0 Å². The van der Waals surface area contributed by atoms with Crippen LogP contribution in [0.25, 0.3) is 16.8 Å². The molecule has 0 unspecified atom stereocenters. The Balaban J connectivity index is 1.31. The Kier molecular flexibility index (Phi) is 6.43. The van der Waals surface area contributed by atoms with Crippen LogP contribution in [0, 0.1) is 0 Å². The van der Waals surface area contributed by atoms with Gasteiger partial charge in [0, 0.05) is 11.6 Å². The lowest BCUT2D eigenvalue weighted by molar-refractivity contribution is -0.134. The quantitative estimate of drug-likeness (QED) is 0.224. The molecule has 0 aromatic heterocycles. The van der Waals surface area contributed by atoms with Crippen LogP contribution in [-0.2, 0) is 9.63 Å². The molecule has 6 heteroatoms. The molecule has 4 rings (SSSR count). The number of azo groups is 1. The minimum absolute atomic E-state index is 0.419. The molecular weight excluding hydrogens is 402 g/mol. The van der Waals surface area contributed by atoms with Crippen molar-refractivity contribution < 1.29 is 14.4 Å². The molecule has 156 valence electrons. The van der Waals surface area contributed by atoms with Gasteiger partial charge in [-0.05, 0) is 58.8 Å².